The maximum Gasteiger partial charge on any atom is 0.331 e. The summed E-state index contributed by atoms with van der Waals surface area (Å²) in [7, 11) is 0. The minimum absolute atomic E-state index is 0.0521. The van der Waals surface area contributed by atoms with E-state index in [1.165, 1.54) is 11.8 Å². The monoisotopic (exact) mass is 431 g/mol. The van der Waals surface area contributed by atoms with Crippen molar-refractivity contribution in [1.82, 2.24) is 14.8 Å². The van der Waals surface area contributed by atoms with Gasteiger partial charge in [-0.1, -0.05) is 26.0 Å². The van der Waals surface area contributed by atoms with Crippen LogP contribution in [0.1, 0.15) is 48.0 Å². The van der Waals surface area contributed by atoms with Crippen molar-refractivity contribution in [1.29, 1.82) is 0 Å². The van der Waals surface area contributed by atoms with Crippen molar-refractivity contribution < 1.29 is 18.8 Å². The van der Waals surface area contributed by atoms with Gasteiger partial charge in [0.15, 0.2) is 0 Å². The van der Waals surface area contributed by atoms with Gasteiger partial charge in [0.1, 0.15) is 11.3 Å². The summed E-state index contributed by atoms with van der Waals surface area (Å²) in [5, 5.41) is 2.24. The van der Waals surface area contributed by atoms with Gasteiger partial charge in [0.05, 0.1) is 12.8 Å². The first-order valence-electron chi connectivity index (χ1n) is 10.5. The van der Waals surface area contributed by atoms with Crippen LogP contribution in [0.15, 0.2) is 58.7 Å². The fourth-order valence-electron chi connectivity index (χ4n) is 3.89. The number of hydrogen-bond donors (Lipinski definition) is 1. The summed E-state index contributed by atoms with van der Waals surface area (Å²) in [6.07, 6.45) is 3.01. The number of aryl methyl sites for hydroxylation is 1. The molecule has 2 aromatic heterocycles. The predicted octanol–water partition coefficient (Wildman–Crippen LogP) is 4.47. The van der Waals surface area contributed by atoms with Crippen molar-refractivity contribution in [2.24, 2.45) is 0 Å². The highest BCUT2D eigenvalue weighted by Gasteiger charge is 2.36. The summed E-state index contributed by atoms with van der Waals surface area (Å²) in [6.45, 7) is 8.16. The zero-order valence-electron chi connectivity index (χ0n) is 18.5. The molecule has 1 N–H and O–H groups in total. The third-order valence-electron chi connectivity index (χ3n) is 5.67. The second-order valence-electron chi connectivity index (χ2n) is 8.20. The highest BCUT2D eigenvalue weighted by atomic mass is 16.3. The van der Waals surface area contributed by atoms with Crippen molar-refractivity contribution in [2.75, 3.05) is 0 Å². The van der Waals surface area contributed by atoms with Gasteiger partial charge in [0, 0.05) is 17.1 Å². The number of furan rings is 1. The van der Waals surface area contributed by atoms with E-state index in [1.807, 2.05) is 19.9 Å². The van der Waals surface area contributed by atoms with Gasteiger partial charge in [0.25, 0.3) is 11.8 Å². The average Bonchev–Trinajstić information content (AvgIpc) is 3.36. The Balaban J connectivity index is 1.68. The van der Waals surface area contributed by atoms with Gasteiger partial charge in [-0.2, -0.15) is 0 Å². The van der Waals surface area contributed by atoms with Crippen molar-refractivity contribution >= 4 is 23.9 Å². The van der Waals surface area contributed by atoms with E-state index in [0.717, 1.165) is 27.5 Å². The number of nitrogens with zero attached hydrogens (tertiary/aromatic N) is 2. The van der Waals surface area contributed by atoms with E-state index in [-0.39, 0.29) is 12.1 Å². The number of amides is 4. The van der Waals surface area contributed by atoms with Crippen molar-refractivity contribution in [3.63, 3.8) is 0 Å². The summed E-state index contributed by atoms with van der Waals surface area (Å²) < 4.78 is 7.32. The highest BCUT2D eigenvalue weighted by Crippen LogP contribution is 2.26. The fourth-order valence-corrected chi connectivity index (χ4v) is 3.89. The molecule has 0 spiro atoms. The van der Waals surface area contributed by atoms with Gasteiger partial charge < -0.3 is 8.98 Å². The lowest BCUT2D eigenvalue weighted by Gasteiger charge is -2.25. The van der Waals surface area contributed by atoms with E-state index in [0.29, 0.717) is 11.7 Å². The normalized spacial score (nSPS) is 15.7. The van der Waals surface area contributed by atoms with Crippen LogP contribution in [-0.2, 0) is 16.1 Å². The number of urea groups is 1. The quantitative estimate of drug-likeness (QED) is 0.477. The Hall–Kier alpha value is -3.87. The molecule has 4 rings (SSSR count). The third kappa shape index (κ3) is 3.89. The second-order valence-corrected chi connectivity index (χ2v) is 8.20. The summed E-state index contributed by atoms with van der Waals surface area (Å²) in [5.41, 5.74) is 4.77. The Morgan fingerprint density at radius 2 is 1.78 bits per heavy atom. The molecule has 4 amide bonds. The van der Waals surface area contributed by atoms with Crippen molar-refractivity contribution in [3.8, 4) is 5.69 Å². The number of benzene rings is 1. The molecule has 164 valence electrons. The maximum absolute atomic E-state index is 13.0. The predicted molar refractivity (Wildman–Crippen MR) is 120 cm³/mol. The molecule has 3 heterocycles. The lowest BCUT2D eigenvalue weighted by molar-refractivity contribution is -0.130. The lowest BCUT2D eigenvalue weighted by atomic mass is 10.0. The number of barbiturate groups is 1. The van der Waals surface area contributed by atoms with Gasteiger partial charge in [-0.25, -0.2) is 4.79 Å². The van der Waals surface area contributed by atoms with E-state index in [9.17, 15) is 14.4 Å². The lowest BCUT2D eigenvalue weighted by Crippen LogP contribution is -2.53. The van der Waals surface area contributed by atoms with Crippen LogP contribution < -0.4 is 5.32 Å². The highest BCUT2D eigenvalue weighted by molar-refractivity contribution is 6.31. The molecule has 1 aliphatic rings. The van der Waals surface area contributed by atoms with E-state index >= 15 is 0 Å². The topological polar surface area (TPSA) is 84.6 Å². The van der Waals surface area contributed by atoms with E-state index in [1.54, 1.807) is 18.2 Å². The van der Waals surface area contributed by atoms with Gasteiger partial charge in [-0.15, -0.1) is 0 Å². The number of carbonyl (C=O) groups excluding carboxylic acids is 3. The zero-order valence-corrected chi connectivity index (χ0v) is 18.5. The number of aromatic nitrogens is 1. The summed E-state index contributed by atoms with van der Waals surface area (Å²) in [4.78, 5) is 38.6. The van der Waals surface area contributed by atoms with Crippen molar-refractivity contribution in [3.05, 3.63) is 82.6 Å². The summed E-state index contributed by atoms with van der Waals surface area (Å²) in [6, 6.07) is 12.8. The number of imide groups is 2. The Morgan fingerprint density at radius 3 is 2.41 bits per heavy atom. The van der Waals surface area contributed by atoms with Gasteiger partial charge in [-0.3, -0.25) is 19.8 Å². The molecule has 0 radical (unpaired) electrons. The summed E-state index contributed by atoms with van der Waals surface area (Å²) >= 11 is 0. The number of hydrogen-bond acceptors (Lipinski definition) is 4. The van der Waals surface area contributed by atoms with Gasteiger partial charge in [-0.05, 0) is 67.3 Å². The molecule has 32 heavy (non-hydrogen) atoms. The van der Waals surface area contributed by atoms with Crippen LogP contribution in [0.3, 0.4) is 0 Å². The van der Waals surface area contributed by atoms with Crippen LogP contribution in [0.2, 0.25) is 0 Å². The molecular formula is C25H25N3O4. The third-order valence-corrected chi connectivity index (χ3v) is 5.67. The SMILES string of the molecule is Cc1cc(/C=C2\C(=O)NC(=O)N(Cc3ccco3)C2=O)c(C)n1-c1ccc(C(C)C)cc1. The molecule has 0 aliphatic carbocycles. The maximum atomic E-state index is 13.0. The molecule has 1 aromatic carbocycles. The average molecular weight is 431 g/mol. The van der Waals surface area contributed by atoms with Crippen molar-refractivity contribution in [2.45, 2.75) is 40.2 Å². The molecule has 0 saturated carbocycles. The standard InChI is InChI=1S/C25H25N3O4/c1-15(2)18-7-9-20(10-8-18)28-16(3)12-19(17(28)4)13-22-23(29)26-25(31)27(24(22)30)14-21-6-5-11-32-21/h5-13,15H,14H2,1-4H3,(H,26,29,31)/b22-13+. The minimum Gasteiger partial charge on any atom is -0.467 e. The smallest absolute Gasteiger partial charge is 0.331 e. The van der Waals surface area contributed by atoms with E-state index < -0.39 is 17.8 Å². The summed E-state index contributed by atoms with van der Waals surface area (Å²) in [5.74, 6) is -0.466. The second kappa shape index (κ2) is 8.34. The molecule has 0 atom stereocenters. The number of nitrogens with one attached hydrogen (secondary N) is 1. The van der Waals surface area contributed by atoms with Crippen LogP contribution in [0.5, 0.6) is 0 Å². The molecule has 1 aliphatic heterocycles. The first kappa shape index (κ1) is 21.4. The zero-order chi connectivity index (χ0) is 23.0. The molecule has 1 fully saturated rings. The fraction of sp³-hybridized carbons (Fsp3) is 0.240. The van der Waals surface area contributed by atoms with Crippen LogP contribution in [-0.4, -0.2) is 27.3 Å². The molecule has 3 aromatic rings. The van der Waals surface area contributed by atoms with Crippen LogP contribution >= 0.6 is 0 Å². The minimum atomic E-state index is -0.760. The molecule has 0 bridgehead atoms. The van der Waals surface area contributed by atoms with Crippen LogP contribution in [0.4, 0.5) is 4.79 Å². The van der Waals surface area contributed by atoms with E-state index in [4.69, 9.17) is 4.42 Å². The van der Waals surface area contributed by atoms with E-state index in [2.05, 4.69) is 48.0 Å². The first-order valence-corrected chi connectivity index (χ1v) is 10.5. The molecule has 7 heteroatoms. The molecular weight excluding hydrogens is 406 g/mol. The molecule has 0 unspecified atom stereocenters. The Labute approximate surface area is 186 Å². The molecule has 1 saturated heterocycles. The van der Waals surface area contributed by atoms with Crippen LogP contribution in [0, 0.1) is 13.8 Å². The number of rotatable bonds is 5. The van der Waals surface area contributed by atoms with Gasteiger partial charge in [0.2, 0.25) is 0 Å². The Morgan fingerprint density at radius 1 is 1.06 bits per heavy atom. The largest absolute Gasteiger partial charge is 0.467 e. The number of carbonyl (C=O) groups is 3. The molecule has 7 nitrogen and oxygen atoms in total. The van der Waals surface area contributed by atoms with Crippen LogP contribution in [0.25, 0.3) is 11.8 Å². The van der Waals surface area contributed by atoms with Gasteiger partial charge >= 0.3 is 6.03 Å². The Bertz CT molecular complexity index is 1210. The Kier molecular flexibility index (Phi) is 5.57. The first-order chi connectivity index (χ1) is 15.3.